The van der Waals surface area contributed by atoms with Crippen molar-refractivity contribution >= 4 is 34.6 Å². The number of allylic oxidation sites excluding steroid dienone is 1. The van der Waals surface area contributed by atoms with Crippen molar-refractivity contribution in [2.45, 2.75) is 13.3 Å². The molecule has 0 atom stereocenters. The first-order valence-electron chi connectivity index (χ1n) is 6.23. The Morgan fingerprint density at radius 2 is 2.14 bits per heavy atom. The molecule has 1 aromatic rings. The van der Waals surface area contributed by atoms with E-state index in [1.807, 2.05) is 0 Å². The maximum Gasteiger partial charge on any atom is 0.344 e. The fraction of sp³-hybridized carbons (Fsp3) is 0.286. The molecule has 0 amide bonds. The third-order valence-corrected chi connectivity index (χ3v) is 3.45. The van der Waals surface area contributed by atoms with Crippen molar-refractivity contribution in [2.75, 3.05) is 12.9 Å². The second kappa shape index (κ2) is 8.28. The van der Waals surface area contributed by atoms with Gasteiger partial charge in [-0.2, -0.15) is 0 Å². The minimum atomic E-state index is -0.973. The van der Waals surface area contributed by atoms with Gasteiger partial charge in [-0.15, -0.1) is 0 Å². The molecular weight excluding hydrogens is 313 g/mol. The van der Waals surface area contributed by atoms with Crippen molar-refractivity contribution in [3.8, 4) is 0 Å². The van der Waals surface area contributed by atoms with E-state index < -0.39 is 28.0 Å². The largest absolute Gasteiger partial charge is 0.465 e. The van der Waals surface area contributed by atoms with E-state index in [-0.39, 0.29) is 10.7 Å². The molecule has 0 unspecified atom stereocenters. The number of methoxy groups -OCH3 is 1. The van der Waals surface area contributed by atoms with Gasteiger partial charge in [0.1, 0.15) is 11.4 Å². The summed E-state index contributed by atoms with van der Waals surface area (Å²) >= 11 is 1.13. The van der Waals surface area contributed by atoms with Crippen LogP contribution in [0.2, 0.25) is 0 Å². The van der Waals surface area contributed by atoms with Gasteiger partial charge in [-0.05, 0) is 12.5 Å². The van der Waals surface area contributed by atoms with Gasteiger partial charge in [-0.1, -0.05) is 23.9 Å². The zero-order chi connectivity index (χ0) is 16.7. The van der Waals surface area contributed by atoms with E-state index in [1.165, 1.54) is 13.0 Å². The number of nitrogens with zero attached hydrogens (tertiary/aromatic N) is 1. The van der Waals surface area contributed by atoms with Crippen LogP contribution < -0.4 is 0 Å². The Morgan fingerprint density at radius 1 is 1.45 bits per heavy atom. The van der Waals surface area contributed by atoms with Gasteiger partial charge in [0.15, 0.2) is 5.12 Å². The lowest BCUT2D eigenvalue weighted by Gasteiger charge is -2.04. The lowest BCUT2D eigenvalue weighted by atomic mass is 10.1. The second-order valence-corrected chi connectivity index (χ2v) is 5.44. The lowest BCUT2D eigenvalue weighted by molar-refractivity contribution is -0.385. The average Bonchev–Trinajstić information content (AvgIpc) is 2.46. The summed E-state index contributed by atoms with van der Waals surface area (Å²) in [6.07, 6.45) is 3.50. The van der Waals surface area contributed by atoms with Crippen LogP contribution in [-0.4, -0.2) is 28.9 Å². The van der Waals surface area contributed by atoms with E-state index >= 15 is 0 Å². The number of ether oxygens (including phenoxy) is 1. The quantitative estimate of drug-likeness (QED) is 0.345. The van der Waals surface area contributed by atoms with Crippen LogP contribution in [0.1, 0.15) is 29.3 Å². The van der Waals surface area contributed by atoms with Crippen LogP contribution in [0.25, 0.3) is 6.08 Å². The number of esters is 1. The smallest absolute Gasteiger partial charge is 0.344 e. The van der Waals surface area contributed by atoms with Gasteiger partial charge in [-0.3, -0.25) is 14.9 Å². The van der Waals surface area contributed by atoms with E-state index in [0.717, 1.165) is 31.0 Å². The highest BCUT2D eigenvalue weighted by Gasteiger charge is 2.23. The molecule has 0 heterocycles. The van der Waals surface area contributed by atoms with E-state index in [4.69, 9.17) is 0 Å². The standard InChI is InChI=1S/C14H14FNO5S/c1-9(17)22-6-4-3-5-10-7-13(16(19)20)11(8-12(10)15)14(18)21-2/h3,5,7-8H,4,6H2,1-2H3. The molecule has 0 aromatic heterocycles. The normalized spacial score (nSPS) is 10.7. The van der Waals surface area contributed by atoms with Crippen molar-refractivity contribution in [2.24, 2.45) is 0 Å². The van der Waals surface area contributed by atoms with Crippen LogP contribution in [0, 0.1) is 15.9 Å². The second-order valence-electron chi connectivity index (χ2n) is 4.17. The minimum absolute atomic E-state index is 0.00724. The van der Waals surface area contributed by atoms with Crippen LogP contribution in [0.4, 0.5) is 10.1 Å². The monoisotopic (exact) mass is 327 g/mol. The molecule has 22 heavy (non-hydrogen) atoms. The Labute approximate surface area is 130 Å². The highest BCUT2D eigenvalue weighted by atomic mass is 32.2. The van der Waals surface area contributed by atoms with Crippen molar-refractivity contribution < 1.29 is 23.6 Å². The third-order valence-electron chi connectivity index (χ3n) is 2.60. The first-order chi connectivity index (χ1) is 10.4. The van der Waals surface area contributed by atoms with Gasteiger partial charge in [-0.25, -0.2) is 9.18 Å². The zero-order valence-electron chi connectivity index (χ0n) is 12.0. The SMILES string of the molecule is COC(=O)c1cc(F)c(C=CCCSC(C)=O)cc1[N+](=O)[O-]. The van der Waals surface area contributed by atoms with Gasteiger partial charge in [0.05, 0.1) is 12.0 Å². The van der Waals surface area contributed by atoms with Crippen molar-refractivity contribution in [3.05, 3.63) is 45.3 Å². The Balaban J connectivity index is 2.99. The van der Waals surface area contributed by atoms with Gasteiger partial charge >= 0.3 is 5.97 Å². The number of hydrogen-bond donors (Lipinski definition) is 0. The molecule has 1 rings (SSSR count). The Morgan fingerprint density at radius 3 is 2.68 bits per heavy atom. The number of nitro groups is 1. The molecule has 6 nitrogen and oxygen atoms in total. The molecule has 0 aliphatic rings. The van der Waals surface area contributed by atoms with Gasteiger partial charge in [0.25, 0.3) is 5.69 Å². The summed E-state index contributed by atoms with van der Waals surface area (Å²) in [7, 11) is 1.06. The molecule has 0 aliphatic heterocycles. The molecule has 0 radical (unpaired) electrons. The van der Waals surface area contributed by atoms with Gasteiger partial charge < -0.3 is 4.74 Å². The summed E-state index contributed by atoms with van der Waals surface area (Å²) in [6, 6.07) is 1.77. The van der Waals surface area contributed by atoms with E-state index in [1.54, 1.807) is 6.08 Å². The fourth-order valence-corrected chi connectivity index (χ4v) is 2.15. The minimum Gasteiger partial charge on any atom is -0.465 e. The van der Waals surface area contributed by atoms with Crippen LogP contribution >= 0.6 is 11.8 Å². The molecule has 0 aliphatic carbocycles. The number of carbonyl (C=O) groups is 2. The molecule has 0 spiro atoms. The van der Waals surface area contributed by atoms with E-state index in [9.17, 15) is 24.1 Å². The summed E-state index contributed by atoms with van der Waals surface area (Å²) in [6.45, 7) is 1.45. The number of benzene rings is 1. The number of carbonyl (C=O) groups excluding carboxylic acids is 2. The number of thioether (sulfide) groups is 1. The summed E-state index contributed by atoms with van der Waals surface area (Å²) in [5.41, 5.74) is -0.965. The van der Waals surface area contributed by atoms with Crippen molar-refractivity contribution in [3.63, 3.8) is 0 Å². The van der Waals surface area contributed by atoms with Crippen LogP contribution in [-0.2, 0) is 9.53 Å². The van der Waals surface area contributed by atoms with Crippen LogP contribution in [0.3, 0.4) is 0 Å². The maximum atomic E-state index is 13.9. The molecule has 1 aromatic carbocycles. The van der Waals surface area contributed by atoms with Crippen LogP contribution in [0.5, 0.6) is 0 Å². The first-order valence-corrected chi connectivity index (χ1v) is 7.21. The molecular formula is C14H14FNO5S. The van der Waals surface area contributed by atoms with E-state index in [2.05, 4.69) is 4.74 Å². The third kappa shape index (κ3) is 4.96. The summed E-state index contributed by atoms with van der Waals surface area (Å²) in [5, 5.41) is 11.0. The highest BCUT2D eigenvalue weighted by Crippen LogP contribution is 2.25. The summed E-state index contributed by atoms with van der Waals surface area (Å²) in [5.74, 6) is -1.20. The summed E-state index contributed by atoms with van der Waals surface area (Å²) < 4.78 is 18.3. The molecule has 118 valence electrons. The molecule has 0 fully saturated rings. The molecule has 0 saturated carbocycles. The highest BCUT2D eigenvalue weighted by molar-refractivity contribution is 8.13. The van der Waals surface area contributed by atoms with Crippen molar-refractivity contribution in [1.29, 1.82) is 0 Å². The van der Waals surface area contributed by atoms with E-state index in [0.29, 0.717) is 12.2 Å². The Bertz CT molecular complexity index is 630. The maximum absolute atomic E-state index is 13.9. The predicted octanol–water partition coefficient (Wildman–Crippen LogP) is 3.20. The molecule has 0 saturated heterocycles. The number of hydrogen-bond acceptors (Lipinski definition) is 6. The zero-order valence-corrected chi connectivity index (χ0v) is 12.8. The van der Waals surface area contributed by atoms with Gasteiger partial charge in [0, 0.05) is 24.3 Å². The molecule has 0 bridgehead atoms. The van der Waals surface area contributed by atoms with Crippen molar-refractivity contribution in [1.82, 2.24) is 0 Å². The topological polar surface area (TPSA) is 86.5 Å². The first kappa shape index (κ1) is 17.8. The number of rotatable bonds is 6. The predicted molar refractivity (Wildman–Crippen MR) is 81.2 cm³/mol. The average molecular weight is 327 g/mol. The lowest BCUT2D eigenvalue weighted by Crippen LogP contribution is -2.07. The molecule has 8 heteroatoms. The number of halogens is 1. The fourth-order valence-electron chi connectivity index (χ4n) is 1.61. The summed E-state index contributed by atoms with van der Waals surface area (Å²) in [4.78, 5) is 32.4. The van der Waals surface area contributed by atoms with Gasteiger partial charge in [0.2, 0.25) is 0 Å². The Hall–Kier alpha value is -2.22. The van der Waals surface area contributed by atoms with Crippen LogP contribution in [0.15, 0.2) is 18.2 Å². The molecule has 0 N–H and O–H groups in total. The Kier molecular flexibility index (Phi) is 6.71. The number of nitro benzene ring substituents is 1.